The highest BCUT2D eigenvalue weighted by Crippen LogP contribution is 1.64. The summed E-state index contributed by atoms with van der Waals surface area (Å²) in [5, 5.41) is 0. The molecule has 0 aromatic heterocycles. The summed E-state index contributed by atoms with van der Waals surface area (Å²) in [5.74, 6) is 0. The third-order valence-corrected chi connectivity index (χ3v) is 0.503. The van der Waals surface area contributed by atoms with Crippen molar-refractivity contribution >= 4 is 12.6 Å². The normalized spacial score (nSPS) is 11.0. The first kappa shape index (κ1) is 6.88. The summed E-state index contributed by atoms with van der Waals surface area (Å²) in [7, 11) is 0. The molecule has 0 aliphatic heterocycles. The van der Waals surface area contributed by atoms with Gasteiger partial charge in [-0.2, -0.15) is 0 Å². The van der Waals surface area contributed by atoms with Crippen molar-refractivity contribution in [1.29, 1.82) is 0 Å². The van der Waals surface area contributed by atoms with Crippen LogP contribution < -0.4 is 5.73 Å². The Bertz CT molecular complexity index is 104. The molecular weight excluding hydrogens is 102 g/mol. The van der Waals surface area contributed by atoms with E-state index < -0.39 is 0 Å². The van der Waals surface area contributed by atoms with Gasteiger partial charge in [-0.25, -0.2) is 0 Å². The number of hydrogen-bond donors (Lipinski definition) is 1. The Morgan fingerprint density at radius 3 is 2.88 bits per heavy atom. The van der Waals surface area contributed by atoms with Crippen molar-refractivity contribution in [2.75, 3.05) is 6.54 Å². The van der Waals surface area contributed by atoms with Gasteiger partial charge < -0.3 is 5.73 Å². The molecule has 0 aromatic carbocycles. The summed E-state index contributed by atoms with van der Waals surface area (Å²) in [6, 6.07) is 0. The van der Waals surface area contributed by atoms with E-state index in [1.165, 1.54) is 12.5 Å². The van der Waals surface area contributed by atoms with Crippen molar-refractivity contribution in [3.63, 3.8) is 0 Å². The van der Waals surface area contributed by atoms with E-state index in [2.05, 4.69) is 16.6 Å². The van der Waals surface area contributed by atoms with Crippen LogP contribution in [0.3, 0.4) is 0 Å². The largest absolute Gasteiger partial charge is 0.390 e. The van der Waals surface area contributed by atoms with Gasteiger partial charge in [0.15, 0.2) is 0 Å². The second-order valence-corrected chi connectivity index (χ2v) is 1.03. The minimum absolute atomic E-state index is 0.530. The van der Waals surface area contributed by atoms with Crippen LogP contribution in [-0.4, -0.2) is 19.1 Å². The lowest BCUT2D eigenvalue weighted by molar-refractivity contribution is 1.32. The number of aliphatic imine (C=N–C) groups is 2. The number of nitrogens with zero attached hydrogens (tertiary/aromatic N) is 2. The third-order valence-electron chi connectivity index (χ3n) is 0.503. The van der Waals surface area contributed by atoms with E-state index in [1.807, 2.05) is 0 Å². The third kappa shape index (κ3) is 4.88. The van der Waals surface area contributed by atoms with E-state index in [9.17, 15) is 0 Å². The first-order valence-corrected chi connectivity index (χ1v) is 2.24. The zero-order valence-corrected chi connectivity index (χ0v) is 4.62. The molecule has 0 spiro atoms. The van der Waals surface area contributed by atoms with Gasteiger partial charge in [0, 0.05) is 12.4 Å². The van der Waals surface area contributed by atoms with Gasteiger partial charge in [-0.05, 0) is 0 Å². The van der Waals surface area contributed by atoms with Gasteiger partial charge in [0.1, 0.15) is 0 Å². The van der Waals surface area contributed by atoms with E-state index in [0.29, 0.717) is 6.54 Å². The molecular formula is C5H9N3. The zero-order chi connectivity index (χ0) is 6.24. The van der Waals surface area contributed by atoms with Crippen LogP contribution in [0.5, 0.6) is 0 Å². The quantitative estimate of drug-likeness (QED) is 0.410. The van der Waals surface area contributed by atoms with Crippen LogP contribution in [-0.2, 0) is 0 Å². The van der Waals surface area contributed by atoms with E-state index in [0.717, 1.165) is 0 Å². The molecule has 3 heteroatoms. The predicted octanol–water partition coefficient (Wildman–Crippen LogP) is 0.188. The smallest absolute Gasteiger partial charge is 0.0802 e. The Kier molecular flexibility index (Phi) is 5.06. The molecule has 3 nitrogen and oxygen atoms in total. The molecule has 0 amide bonds. The topological polar surface area (TPSA) is 50.7 Å². The second-order valence-electron chi connectivity index (χ2n) is 1.03. The Morgan fingerprint density at radius 1 is 1.62 bits per heavy atom. The second kappa shape index (κ2) is 5.88. The first-order valence-electron chi connectivity index (χ1n) is 2.24. The first-order chi connectivity index (χ1) is 3.91. The lowest BCUT2D eigenvalue weighted by Crippen LogP contribution is -1.90. The fourth-order valence-corrected chi connectivity index (χ4v) is 0.230. The standard InChI is InChI=1S/C5H9N3/c1-2-7-3-4-8-5-6/h2-3,5H,1,4H2,(H2,6,8)/b7-3-. The van der Waals surface area contributed by atoms with Crippen molar-refractivity contribution in [2.24, 2.45) is 15.7 Å². The van der Waals surface area contributed by atoms with Crippen LogP contribution in [0.2, 0.25) is 0 Å². The fraction of sp³-hybridized carbons (Fsp3) is 0.200. The number of hydrogen-bond acceptors (Lipinski definition) is 2. The molecule has 44 valence electrons. The van der Waals surface area contributed by atoms with Gasteiger partial charge >= 0.3 is 0 Å². The Labute approximate surface area is 48.6 Å². The van der Waals surface area contributed by atoms with Crippen LogP contribution in [0.1, 0.15) is 0 Å². The van der Waals surface area contributed by atoms with Crippen LogP contribution >= 0.6 is 0 Å². The SMILES string of the molecule is C=C/N=C\C/N=C\N. The Hall–Kier alpha value is -1.12. The van der Waals surface area contributed by atoms with E-state index >= 15 is 0 Å². The molecule has 0 aliphatic carbocycles. The van der Waals surface area contributed by atoms with Crippen molar-refractivity contribution in [3.8, 4) is 0 Å². The molecule has 0 saturated heterocycles. The highest BCUT2D eigenvalue weighted by atomic mass is 14.8. The summed E-state index contributed by atoms with van der Waals surface area (Å²) < 4.78 is 0. The van der Waals surface area contributed by atoms with Crippen LogP contribution in [0.4, 0.5) is 0 Å². The molecule has 8 heavy (non-hydrogen) atoms. The maximum absolute atomic E-state index is 4.93. The number of rotatable bonds is 3. The number of nitrogens with two attached hydrogens (primary N) is 1. The van der Waals surface area contributed by atoms with Crippen LogP contribution in [0, 0.1) is 0 Å². The van der Waals surface area contributed by atoms with Crippen molar-refractivity contribution in [1.82, 2.24) is 0 Å². The van der Waals surface area contributed by atoms with E-state index in [-0.39, 0.29) is 0 Å². The van der Waals surface area contributed by atoms with Crippen molar-refractivity contribution < 1.29 is 0 Å². The average Bonchev–Trinajstić information content (AvgIpc) is 1.81. The maximum Gasteiger partial charge on any atom is 0.0802 e. The lowest BCUT2D eigenvalue weighted by Gasteiger charge is -1.75. The zero-order valence-electron chi connectivity index (χ0n) is 4.62. The monoisotopic (exact) mass is 111 g/mol. The Morgan fingerprint density at radius 2 is 2.38 bits per heavy atom. The maximum atomic E-state index is 4.93. The minimum Gasteiger partial charge on any atom is -0.390 e. The van der Waals surface area contributed by atoms with E-state index in [1.54, 1.807) is 6.21 Å². The summed E-state index contributed by atoms with van der Waals surface area (Å²) in [5.41, 5.74) is 4.93. The minimum atomic E-state index is 0.530. The summed E-state index contributed by atoms with van der Waals surface area (Å²) >= 11 is 0. The molecule has 0 radical (unpaired) electrons. The predicted molar refractivity (Wildman–Crippen MR) is 36.2 cm³/mol. The van der Waals surface area contributed by atoms with E-state index in [4.69, 9.17) is 5.73 Å². The molecule has 0 rings (SSSR count). The van der Waals surface area contributed by atoms with Gasteiger partial charge in [0.05, 0.1) is 12.9 Å². The van der Waals surface area contributed by atoms with Crippen LogP contribution in [0.15, 0.2) is 22.8 Å². The molecule has 0 bridgehead atoms. The van der Waals surface area contributed by atoms with Crippen LogP contribution in [0.25, 0.3) is 0 Å². The van der Waals surface area contributed by atoms with Gasteiger partial charge in [-0.1, -0.05) is 6.58 Å². The highest BCUT2D eigenvalue weighted by molar-refractivity contribution is 5.63. The highest BCUT2D eigenvalue weighted by Gasteiger charge is 1.64. The van der Waals surface area contributed by atoms with Gasteiger partial charge in [-0.15, -0.1) is 0 Å². The molecule has 0 atom stereocenters. The molecule has 0 saturated carbocycles. The van der Waals surface area contributed by atoms with Crippen molar-refractivity contribution in [3.05, 3.63) is 12.8 Å². The van der Waals surface area contributed by atoms with Gasteiger partial charge in [-0.3, -0.25) is 9.98 Å². The Balaban J connectivity index is 3.15. The lowest BCUT2D eigenvalue weighted by atomic mass is 10.7. The average molecular weight is 111 g/mol. The summed E-state index contributed by atoms with van der Waals surface area (Å²) in [6.07, 6.45) is 4.32. The molecule has 0 aliphatic rings. The fourth-order valence-electron chi connectivity index (χ4n) is 0.230. The molecule has 0 heterocycles. The van der Waals surface area contributed by atoms with Crippen molar-refractivity contribution in [2.45, 2.75) is 0 Å². The van der Waals surface area contributed by atoms with Gasteiger partial charge in [0.2, 0.25) is 0 Å². The molecule has 0 fully saturated rings. The molecule has 2 N–H and O–H groups in total. The summed E-state index contributed by atoms with van der Waals surface area (Å²) in [6.45, 7) is 3.91. The molecule has 0 aromatic rings. The molecule has 0 unspecified atom stereocenters. The van der Waals surface area contributed by atoms with Gasteiger partial charge in [0.25, 0.3) is 0 Å². The summed E-state index contributed by atoms with van der Waals surface area (Å²) in [4.78, 5) is 7.34.